The zero-order valence-corrected chi connectivity index (χ0v) is 20.9. The average Bonchev–Trinajstić information content (AvgIpc) is 3.35. The number of carbonyl (C=O) groups excluding carboxylic acids is 2. The number of nitrogens with one attached hydrogen (secondary N) is 1. The molecule has 1 aromatic heterocycles. The number of carbonyl (C=O) groups is 2. The van der Waals surface area contributed by atoms with Crippen molar-refractivity contribution in [2.75, 3.05) is 19.6 Å². The topological polar surface area (TPSA) is 67.2 Å². The summed E-state index contributed by atoms with van der Waals surface area (Å²) >= 11 is 6.53. The molecule has 3 aromatic rings. The van der Waals surface area contributed by atoms with Crippen molar-refractivity contribution >= 4 is 51.5 Å². The standard InChI is InChI=1S/C25H21ClF4N4O2S/c26-18-3-2-16(19(11-18)25(28,29)30)13-34-20-4-1-15(9-17(20)12-32-34)10-21-22(35)33(23(36)37-21)14-24(27)5-7-31-8-6-24/h1-4,9-12,31H,5-8,13-14H2/b21-10-. The molecular weight excluding hydrogens is 532 g/mol. The number of halogens is 5. The van der Waals surface area contributed by atoms with E-state index in [2.05, 4.69) is 10.4 Å². The molecule has 0 bridgehead atoms. The van der Waals surface area contributed by atoms with Gasteiger partial charge in [0.2, 0.25) is 0 Å². The smallest absolute Gasteiger partial charge is 0.316 e. The molecule has 2 aliphatic heterocycles. The first-order valence-electron chi connectivity index (χ1n) is 11.5. The van der Waals surface area contributed by atoms with E-state index in [1.54, 1.807) is 24.3 Å². The van der Waals surface area contributed by atoms with Crippen LogP contribution in [0.2, 0.25) is 5.02 Å². The first-order valence-corrected chi connectivity index (χ1v) is 12.7. The molecular formula is C25H21ClF4N4O2S. The first kappa shape index (κ1) is 25.7. The predicted molar refractivity (Wildman–Crippen MR) is 134 cm³/mol. The molecule has 6 nitrogen and oxygen atoms in total. The van der Waals surface area contributed by atoms with Gasteiger partial charge < -0.3 is 5.32 Å². The van der Waals surface area contributed by atoms with Gasteiger partial charge in [0.15, 0.2) is 0 Å². The van der Waals surface area contributed by atoms with Crippen molar-refractivity contribution < 1.29 is 27.2 Å². The summed E-state index contributed by atoms with van der Waals surface area (Å²) in [6.45, 7) is 0.596. The van der Waals surface area contributed by atoms with Crippen LogP contribution in [0.3, 0.4) is 0 Å². The number of alkyl halides is 4. The van der Waals surface area contributed by atoms with Gasteiger partial charge in [-0.05, 0) is 79.2 Å². The molecule has 0 saturated carbocycles. The van der Waals surface area contributed by atoms with Gasteiger partial charge in [-0.15, -0.1) is 0 Å². The van der Waals surface area contributed by atoms with Gasteiger partial charge in [-0.25, -0.2) is 4.39 Å². The predicted octanol–water partition coefficient (Wildman–Crippen LogP) is 5.88. The van der Waals surface area contributed by atoms with Crippen LogP contribution in [0.5, 0.6) is 0 Å². The summed E-state index contributed by atoms with van der Waals surface area (Å²) in [4.78, 5) is 26.5. The molecule has 12 heteroatoms. The Kier molecular flexibility index (Phi) is 6.80. The van der Waals surface area contributed by atoms with Crippen LogP contribution < -0.4 is 5.32 Å². The van der Waals surface area contributed by atoms with E-state index in [1.165, 1.54) is 23.0 Å². The monoisotopic (exact) mass is 552 g/mol. The molecule has 2 aliphatic rings. The number of benzene rings is 2. The number of nitrogens with zero attached hydrogens (tertiary/aromatic N) is 3. The van der Waals surface area contributed by atoms with Crippen molar-refractivity contribution in [3.63, 3.8) is 0 Å². The van der Waals surface area contributed by atoms with E-state index in [4.69, 9.17) is 11.6 Å². The second kappa shape index (κ2) is 9.77. The summed E-state index contributed by atoms with van der Waals surface area (Å²) in [6, 6.07) is 8.72. The number of amides is 2. The molecule has 0 atom stereocenters. The molecule has 0 radical (unpaired) electrons. The maximum Gasteiger partial charge on any atom is 0.416 e. The van der Waals surface area contributed by atoms with Gasteiger partial charge >= 0.3 is 6.18 Å². The SMILES string of the molecule is O=C1S/C(=C\c2ccc3c(cnn3Cc3ccc(Cl)cc3C(F)(F)F)c2)C(=O)N1CC1(F)CCNCC1. The average molecular weight is 553 g/mol. The highest BCUT2D eigenvalue weighted by molar-refractivity contribution is 8.18. The molecule has 2 aromatic carbocycles. The van der Waals surface area contributed by atoms with Crippen molar-refractivity contribution in [3.8, 4) is 0 Å². The maximum absolute atomic E-state index is 15.1. The highest BCUT2D eigenvalue weighted by atomic mass is 35.5. The highest BCUT2D eigenvalue weighted by Gasteiger charge is 2.42. The summed E-state index contributed by atoms with van der Waals surface area (Å²) in [7, 11) is 0. The molecule has 0 aliphatic carbocycles. The molecule has 5 rings (SSSR count). The van der Waals surface area contributed by atoms with Crippen LogP contribution in [0.4, 0.5) is 22.4 Å². The number of fused-ring (bicyclic) bond motifs is 1. The third kappa shape index (κ3) is 5.39. The number of aromatic nitrogens is 2. The van der Waals surface area contributed by atoms with E-state index in [0.29, 0.717) is 29.6 Å². The number of hydrogen-bond acceptors (Lipinski definition) is 5. The number of imide groups is 1. The van der Waals surface area contributed by atoms with Crippen LogP contribution in [0.25, 0.3) is 17.0 Å². The Morgan fingerprint density at radius 2 is 1.89 bits per heavy atom. The minimum Gasteiger partial charge on any atom is -0.316 e. The van der Waals surface area contributed by atoms with Crippen LogP contribution in [0.1, 0.15) is 29.5 Å². The van der Waals surface area contributed by atoms with Crippen LogP contribution >= 0.6 is 23.4 Å². The van der Waals surface area contributed by atoms with E-state index in [0.717, 1.165) is 22.7 Å². The van der Waals surface area contributed by atoms with Crippen molar-refractivity contribution in [1.82, 2.24) is 20.0 Å². The minimum atomic E-state index is -4.56. The van der Waals surface area contributed by atoms with Crippen molar-refractivity contribution in [2.24, 2.45) is 0 Å². The summed E-state index contributed by atoms with van der Waals surface area (Å²) in [5, 5.41) is 7.43. The maximum atomic E-state index is 15.1. The van der Waals surface area contributed by atoms with E-state index in [9.17, 15) is 22.8 Å². The van der Waals surface area contributed by atoms with Crippen LogP contribution in [-0.4, -0.2) is 51.1 Å². The summed E-state index contributed by atoms with van der Waals surface area (Å²) in [6.07, 6.45) is -1.03. The van der Waals surface area contributed by atoms with Crippen LogP contribution in [0, 0.1) is 0 Å². The van der Waals surface area contributed by atoms with E-state index in [1.807, 2.05) is 0 Å². The fraction of sp³-hybridized carbons (Fsp3) is 0.320. The van der Waals surface area contributed by atoms with Gasteiger partial charge in [0.25, 0.3) is 11.1 Å². The molecule has 2 saturated heterocycles. The lowest BCUT2D eigenvalue weighted by molar-refractivity contribution is -0.138. The van der Waals surface area contributed by atoms with Gasteiger partial charge in [-0.1, -0.05) is 23.7 Å². The van der Waals surface area contributed by atoms with Crippen molar-refractivity contribution in [1.29, 1.82) is 0 Å². The Morgan fingerprint density at radius 1 is 1.14 bits per heavy atom. The van der Waals surface area contributed by atoms with E-state index in [-0.39, 0.29) is 41.4 Å². The van der Waals surface area contributed by atoms with Crippen LogP contribution in [-0.2, 0) is 17.5 Å². The number of thioether (sulfide) groups is 1. The largest absolute Gasteiger partial charge is 0.416 e. The Balaban J connectivity index is 1.37. The lowest BCUT2D eigenvalue weighted by atomic mass is 9.94. The van der Waals surface area contributed by atoms with Gasteiger partial charge in [0, 0.05) is 10.4 Å². The van der Waals surface area contributed by atoms with Crippen LogP contribution in [0.15, 0.2) is 47.5 Å². The van der Waals surface area contributed by atoms with E-state index < -0.39 is 28.6 Å². The number of rotatable bonds is 5. The molecule has 0 unspecified atom stereocenters. The molecule has 1 N–H and O–H groups in total. The summed E-state index contributed by atoms with van der Waals surface area (Å²) in [5.74, 6) is -0.538. The fourth-order valence-corrected chi connectivity index (χ4v) is 5.55. The Hall–Kier alpha value is -2.89. The molecule has 3 heterocycles. The third-order valence-corrected chi connectivity index (χ3v) is 7.62. The molecule has 2 amide bonds. The molecule has 0 spiro atoms. The van der Waals surface area contributed by atoms with E-state index >= 15 is 4.39 Å². The quantitative estimate of drug-likeness (QED) is 0.316. The Morgan fingerprint density at radius 3 is 2.62 bits per heavy atom. The van der Waals surface area contributed by atoms with Gasteiger partial charge in [0.1, 0.15) is 5.67 Å². The number of hydrogen-bond donors (Lipinski definition) is 1. The fourth-order valence-electron chi connectivity index (χ4n) is 4.54. The molecule has 194 valence electrons. The lowest BCUT2D eigenvalue weighted by Crippen LogP contribution is -2.48. The van der Waals surface area contributed by atoms with Gasteiger partial charge in [-0.2, -0.15) is 18.3 Å². The Labute approximate surface area is 218 Å². The highest BCUT2D eigenvalue weighted by Crippen LogP contribution is 2.37. The van der Waals surface area contributed by atoms with Gasteiger partial charge in [0.05, 0.1) is 35.3 Å². The normalized spacial score (nSPS) is 19.4. The second-order valence-electron chi connectivity index (χ2n) is 9.09. The van der Waals surface area contributed by atoms with Crippen molar-refractivity contribution in [2.45, 2.75) is 31.2 Å². The lowest BCUT2D eigenvalue weighted by Gasteiger charge is -2.32. The zero-order valence-electron chi connectivity index (χ0n) is 19.3. The minimum absolute atomic E-state index is 0.00659. The third-order valence-electron chi connectivity index (χ3n) is 6.48. The van der Waals surface area contributed by atoms with Crippen molar-refractivity contribution in [3.05, 3.63) is 69.2 Å². The first-order chi connectivity index (χ1) is 17.5. The molecule has 2 fully saturated rings. The zero-order chi connectivity index (χ0) is 26.4. The molecule has 37 heavy (non-hydrogen) atoms. The van der Waals surface area contributed by atoms with Gasteiger partial charge in [-0.3, -0.25) is 19.2 Å². The summed E-state index contributed by atoms with van der Waals surface area (Å²) < 4.78 is 57.0. The Bertz CT molecular complexity index is 1420. The summed E-state index contributed by atoms with van der Waals surface area (Å²) in [5.41, 5.74) is -1.19. The second-order valence-corrected chi connectivity index (χ2v) is 10.5. The number of piperidine rings is 1.